The Hall–Kier alpha value is 0.130. The van der Waals surface area contributed by atoms with Gasteiger partial charge in [-0.25, -0.2) is 0 Å². The van der Waals surface area contributed by atoms with Crippen LogP contribution in [0.15, 0.2) is 12.7 Å². The second-order valence-electron chi connectivity index (χ2n) is 0.651. The lowest BCUT2D eigenvalue weighted by atomic mass is 10.7. The van der Waals surface area contributed by atoms with Crippen molar-refractivity contribution in [3.8, 4) is 0 Å². The molecule has 0 unspecified atom stereocenters. The molecular formula is C3H6NP. The predicted molar refractivity (Wildman–Crippen MR) is 25.1 cm³/mol. The fourth-order valence-corrected chi connectivity index (χ4v) is 0.194. The molecule has 0 aromatic carbocycles. The summed E-state index contributed by atoms with van der Waals surface area (Å²) >= 11 is 0. The van der Waals surface area contributed by atoms with Crippen LogP contribution in [0.4, 0.5) is 0 Å². The summed E-state index contributed by atoms with van der Waals surface area (Å²) in [6.07, 6.45) is 1.74. The van der Waals surface area contributed by atoms with Crippen LogP contribution in [-0.2, 0) is 0 Å². The molecule has 0 aliphatic rings. The van der Waals surface area contributed by atoms with Gasteiger partial charge in [0.15, 0.2) is 0 Å². The monoisotopic (exact) mass is 87.0 g/mol. The third-order valence-electron chi connectivity index (χ3n) is 0.236. The average Bonchev–Trinajstić information content (AvgIpc) is 1.41. The highest BCUT2D eigenvalue weighted by Gasteiger charge is 1.58. The predicted octanol–water partition coefficient (Wildman–Crippen LogP) is 1.09. The first-order chi connectivity index (χ1) is 2.41. The van der Waals surface area contributed by atoms with E-state index in [4.69, 9.17) is 0 Å². The van der Waals surface area contributed by atoms with Crippen LogP contribution in [0.1, 0.15) is 0 Å². The maximum absolute atomic E-state index is 3.68. The van der Waals surface area contributed by atoms with Gasteiger partial charge < -0.3 is 0 Å². The molecule has 0 fully saturated rings. The van der Waals surface area contributed by atoms with Crippen molar-refractivity contribution < 1.29 is 0 Å². The molecule has 0 amide bonds. The Labute approximate surface area is 34.7 Å². The highest BCUT2D eigenvalue weighted by Crippen LogP contribution is 1.63. The summed E-state index contributed by atoms with van der Waals surface area (Å²) < 4.78 is 0. The second kappa shape index (κ2) is 4.13. The molecule has 0 heterocycles. The summed E-state index contributed by atoms with van der Waals surface area (Å²) in [5.74, 6) is 0. The quantitative estimate of drug-likeness (QED) is 0.392. The summed E-state index contributed by atoms with van der Waals surface area (Å²) in [5.41, 5.74) is 0. The molecule has 1 N–H and O–H groups in total. The first-order valence-corrected chi connectivity index (χ1v) is 1.84. The summed E-state index contributed by atoms with van der Waals surface area (Å²) in [4.78, 5) is 0. The van der Waals surface area contributed by atoms with E-state index >= 15 is 0 Å². The minimum atomic E-state index is 0.767. The zero-order chi connectivity index (χ0) is 4.12. The van der Waals surface area contributed by atoms with E-state index in [2.05, 4.69) is 21.1 Å². The van der Waals surface area contributed by atoms with Crippen LogP contribution >= 0.6 is 9.39 Å². The topological polar surface area (TPSA) is 12.0 Å². The van der Waals surface area contributed by atoms with Gasteiger partial charge in [-0.2, -0.15) is 0 Å². The van der Waals surface area contributed by atoms with Gasteiger partial charge in [-0.05, 0) is 0 Å². The second-order valence-corrected chi connectivity index (χ2v) is 0.967. The van der Waals surface area contributed by atoms with Crippen molar-refractivity contribution in [3.05, 3.63) is 12.7 Å². The average molecular weight is 87.1 g/mol. The smallest absolute Gasteiger partial charge is 0.0558 e. The highest BCUT2D eigenvalue weighted by molar-refractivity contribution is 7.13. The van der Waals surface area contributed by atoms with Crippen LogP contribution in [-0.4, -0.2) is 6.54 Å². The number of nitrogens with one attached hydrogen (secondary N) is 1. The van der Waals surface area contributed by atoms with Gasteiger partial charge in [-0.3, -0.25) is 5.09 Å². The van der Waals surface area contributed by atoms with E-state index in [1.54, 1.807) is 6.08 Å². The van der Waals surface area contributed by atoms with Crippen molar-refractivity contribution in [1.82, 2.24) is 5.09 Å². The molecule has 2 heteroatoms. The van der Waals surface area contributed by atoms with Crippen LogP contribution in [0.3, 0.4) is 0 Å². The zero-order valence-corrected chi connectivity index (χ0v) is 3.83. The number of hydrogen-bond acceptors (Lipinski definition) is 1. The molecule has 2 radical (unpaired) electrons. The minimum Gasteiger partial charge on any atom is -0.282 e. The Kier molecular flexibility index (Phi) is 4.24. The van der Waals surface area contributed by atoms with Gasteiger partial charge in [-0.1, -0.05) is 6.08 Å². The molecule has 0 saturated carbocycles. The third kappa shape index (κ3) is 4.13. The molecular weight excluding hydrogens is 81.0 g/mol. The van der Waals surface area contributed by atoms with Crippen LogP contribution in [0, 0.1) is 0 Å². The van der Waals surface area contributed by atoms with Gasteiger partial charge in [0.25, 0.3) is 0 Å². The van der Waals surface area contributed by atoms with Crippen molar-refractivity contribution in [2.45, 2.75) is 0 Å². The Balaban J connectivity index is 2.40. The Bertz CT molecular complexity index is 28.1. The summed E-state index contributed by atoms with van der Waals surface area (Å²) in [7, 11) is 3.68. The fraction of sp³-hybridized carbons (Fsp3) is 0.333. The lowest BCUT2D eigenvalue weighted by Gasteiger charge is -1.77. The summed E-state index contributed by atoms with van der Waals surface area (Å²) in [5, 5.41) is 2.59. The summed E-state index contributed by atoms with van der Waals surface area (Å²) in [6.45, 7) is 4.21. The largest absolute Gasteiger partial charge is 0.282 e. The van der Waals surface area contributed by atoms with Crippen LogP contribution < -0.4 is 5.09 Å². The van der Waals surface area contributed by atoms with E-state index in [0.29, 0.717) is 0 Å². The fourth-order valence-electron chi connectivity index (χ4n) is 0.0645. The van der Waals surface area contributed by atoms with E-state index in [1.165, 1.54) is 0 Å². The van der Waals surface area contributed by atoms with Crippen molar-refractivity contribution in [2.75, 3.05) is 6.54 Å². The molecule has 0 aliphatic carbocycles. The first kappa shape index (κ1) is 5.13. The van der Waals surface area contributed by atoms with Gasteiger partial charge in [0.1, 0.15) is 0 Å². The molecule has 0 rings (SSSR count). The Morgan fingerprint density at radius 3 is 2.60 bits per heavy atom. The molecule has 0 aromatic rings. The lowest BCUT2D eigenvalue weighted by Crippen LogP contribution is -1.92. The molecule has 0 saturated heterocycles. The molecule has 1 nitrogen and oxygen atoms in total. The SMILES string of the molecule is C=CCN[P]. The lowest BCUT2D eigenvalue weighted by molar-refractivity contribution is 1.14. The number of hydrogen-bond donors (Lipinski definition) is 1. The molecule has 0 atom stereocenters. The Morgan fingerprint density at radius 1 is 2.00 bits per heavy atom. The molecule has 5 heavy (non-hydrogen) atoms. The minimum absolute atomic E-state index is 0.767. The van der Waals surface area contributed by atoms with Crippen LogP contribution in [0.5, 0.6) is 0 Å². The molecule has 28 valence electrons. The normalized spacial score (nSPS) is 7.40. The third-order valence-corrected chi connectivity index (χ3v) is 0.418. The van der Waals surface area contributed by atoms with Gasteiger partial charge in [0, 0.05) is 6.54 Å². The van der Waals surface area contributed by atoms with E-state index in [0.717, 1.165) is 6.54 Å². The summed E-state index contributed by atoms with van der Waals surface area (Å²) in [6, 6.07) is 0. The molecule has 0 aromatic heterocycles. The highest BCUT2D eigenvalue weighted by atomic mass is 31.0. The molecule has 0 bridgehead atoms. The van der Waals surface area contributed by atoms with Gasteiger partial charge in [0.05, 0.1) is 9.39 Å². The Morgan fingerprint density at radius 2 is 2.60 bits per heavy atom. The zero-order valence-electron chi connectivity index (χ0n) is 2.94. The van der Waals surface area contributed by atoms with Crippen LogP contribution in [0.2, 0.25) is 0 Å². The maximum atomic E-state index is 3.68. The molecule has 0 aliphatic heterocycles. The van der Waals surface area contributed by atoms with Gasteiger partial charge >= 0.3 is 0 Å². The van der Waals surface area contributed by atoms with Crippen molar-refractivity contribution in [2.24, 2.45) is 0 Å². The van der Waals surface area contributed by atoms with E-state index in [1.807, 2.05) is 0 Å². The van der Waals surface area contributed by atoms with E-state index < -0.39 is 0 Å². The molecule has 0 spiro atoms. The van der Waals surface area contributed by atoms with E-state index in [9.17, 15) is 0 Å². The number of rotatable bonds is 2. The van der Waals surface area contributed by atoms with Crippen molar-refractivity contribution in [1.29, 1.82) is 0 Å². The first-order valence-electron chi connectivity index (χ1n) is 1.39. The van der Waals surface area contributed by atoms with Gasteiger partial charge in [0.2, 0.25) is 0 Å². The van der Waals surface area contributed by atoms with Crippen molar-refractivity contribution >= 4 is 9.39 Å². The van der Waals surface area contributed by atoms with Crippen LogP contribution in [0.25, 0.3) is 0 Å². The maximum Gasteiger partial charge on any atom is 0.0558 e. The standard InChI is InChI=1S/C3H6NP/c1-2-3-4-5/h2,4H,1,3H2. The van der Waals surface area contributed by atoms with Crippen molar-refractivity contribution in [3.63, 3.8) is 0 Å². The van der Waals surface area contributed by atoms with E-state index in [-0.39, 0.29) is 0 Å². The van der Waals surface area contributed by atoms with Gasteiger partial charge in [-0.15, -0.1) is 6.58 Å².